The summed E-state index contributed by atoms with van der Waals surface area (Å²) in [4.78, 5) is 0. The fraction of sp³-hybridized carbons (Fsp3) is 0.909. The van der Waals surface area contributed by atoms with E-state index >= 15 is 0 Å². The smallest absolute Gasteiger partial charge is 0.0231 e. The first-order valence-corrected chi connectivity index (χ1v) is 10.2. The van der Waals surface area contributed by atoms with Crippen LogP contribution < -0.4 is 0 Å². The standard InChI is InChI=1S/C22H38/c1-16(2)8-5-6-10-18-12-13-21-20-11-7-9-17(3)19(20)14-15-22(18,21)4/h7,9,16-21H,5-6,8,10-15H2,1-4H3/t17-,18?,19?,20?,21?,22-/m1/s1. The largest absolute Gasteiger partial charge is 0.0880 e. The van der Waals surface area contributed by atoms with Gasteiger partial charge in [0.2, 0.25) is 0 Å². The van der Waals surface area contributed by atoms with Crippen molar-refractivity contribution in [3.05, 3.63) is 12.2 Å². The van der Waals surface area contributed by atoms with Gasteiger partial charge >= 0.3 is 0 Å². The van der Waals surface area contributed by atoms with Gasteiger partial charge < -0.3 is 0 Å². The molecule has 0 nitrogen and oxygen atoms in total. The van der Waals surface area contributed by atoms with Crippen LogP contribution in [0.15, 0.2) is 12.2 Å². The number of hydrogen-bond donors (Lipinski definition) is 0. The maximum absolute atomic E-state index is 2.68. The second-order valence-electron chi connectivity index (χ2n) is 9.45. The van der Waals surface area contributed by atoms with Crippen LogP contribution in [0.25, 0.3) is 0 Å². The van der Waals surface area contributed by atoms with E-state index in [2.05, 4.69) is 39.8 Å². The lowest BCUT2D eigenvalue weighted by atomic mass is 9.54. The van der Waals surface area contributed by atoms with Crippen LogP contribution in [0.5, 0.6) is 0 Å². The molecule has 3 aliphatic rings. The minimum Gasteiger partial charge on any atom is -0.0880 e. The van der Waals surface area contributed by atoms with Gasteiger partial charge in [-0.15, -0.1) is 0 Å². The quantitative estimate of drug-likeness (QED) is 0.384. The van der Waals surface area contributed by atoms with Gasteiger partial charge in [-0.3, -0.25) is 0 Å². The molecule has 0 aromatic heterocycles. The summed E-state index contributed by atoms with van der Waals surface area (Å²) in [6, 6.07) is 0. The zero-order valence-electron chi connectivity index (χ0n) is 15.5. The fourth-order valence-electron chi connectivity index (χ4n) is 6.43. The molecular weight excluding hydrogens is 264 g/mol. The second-order valence-corrected chi connectivity index (χ2v) is 9.45. The van der Waals surface area contributed by atoms with Crippen LogP contribution in [0.3, 0.4) is 0 Å². The number of rotatable bonds is 5. The van der Waals surface area contributed by atoms with Crippen molar-refractivity contribution < 1.29 is 0 Å². The first-order chi connectivity index (χ1) is 10.5. The van der Waals surface area contributed by atoms with Crippen LogP contribution in [0, 0.1) is 40.9 Å². The Morgan fingerprint density at radius 1 is 1.09 bits per heavy atom. The van der Waals surface area contributed by atoms with Gasteiger partial charge in [0, 0.05) is 0 Å². The first kappa shape index (κ1) is 16.6. The van der Waals surface area contributed by atoms with E-state index in [-0.39, 0.29) is 0 Å². The molecule has 6 atom stereocenters. The molecule has 0 bridgehead atoms. The van der Waals surface area contributed by atoms with E-state index < -0.39 is 0 Å². The van der Waals surface area contributed by atoms with Gasteiger partial charge in [-0.25, -0.2) is 0 Å². The Labute approximate surface area is 139 Å². The molecule has 0 spiro atoms. The third kappa shape index (κ3) is 3.04. The van der Waals surface area contributed by atoms with Crippen LogP contribution in [-0.4, -0.2) is 0 Å². The summed E-state index contributed by atoms with van der Waals surface area (Å²) in [6.45, 7) is 9.88. The summed E-state index contributed by atoms with van der Waals surface area (Å²) in [5.74, 6) is 5.81. The highest BCUT2D eigenvalue weighted by Gasteiger charge is 2.53. The molecule has 0 aliphatic heterocycles. The molecule has 0 N–H and O–H groups in total. The van der Waals surface area contributed by atoms with E-state index in [1.54, 1.807) is 0 Å². The number of allylic oxidation sites excluding steroid dienone is 2. The minimum atomic E-state index is 0.684. The monoisotopic (exact) mass is 302 g/mol. The molecule has 0 amide bonds. The SMILES string of the molecule is CC(C)CCCCC1CCC2C3CC=C[C@@H](C)C3CC[C@]12C. The molecule has 3 rings (SSSR count). The van der Waals surface area contributed by atoms with Crippen molar-refractivity contribution in [1.29, 1.82) is 0 Å². The summed E-state index contributed by atoms with van der Waals surface area (Å²) in [7, 11) is 0. The molecule has 126 valence electrons. The Morgan fingerprint density at radius 2 is 1.91 bits per heavy atom. The molecule has 0 radical (unpaired) electrons. The summed E-state index contributed by atoms with van der Waals surface area (Å²) in [5.41, 5.74) is 0.684. The first-order valence-electron chi connectivity index (χ1n) is 10.2. The van der Waals surface area contributed by atoms with Gasteiger partial charge in [-0.05, 0) is 79.4 Å². The summed E-state index contributed by atoms with van der Waals surface area (Å²) >= 11 is 0. The molecule has 0 heteroatoms. The maximum atomic E-state index is 2.68. The molecule has 22 heavy (non-hydrogen) atoms. The fourth-order valence-corrected chi connectivity index (χ4v) is 6.43. The van der Waals surface area contributed by atoms with Crippen LogP contribution in [0.4, 0.5) is 0 Å². The van der Waals surface area contributed by atoms with Crippen molar-refractivity contribution in [3.8, 4) is 0 Å². The summed E-state index contributed by atoms with van der Waals surface area (Å²) in [6.07, 6.45) is 18.4. The molecule has 0 heterocycles. The molecule has 0 aromatic rings. The van der Waals surface area contributed by atoms with Gasteiger partial charge in [0.25, 0.3) is 0 Å². The Morgan fingerprint density at radius 3 is 2.68 bits per heavy atom. The van der Waals surface area contributed by atoms with Crippen molar-refractivity contribution in [2.24, 2.45) is 40.9 Å². The average molecular weight is 303 g/mol. The zero-order chi connectivity index (χ0) is 15.7. The van der Waals surface area contributed by atoms with Gasteiger partial charge in [-0.2, -0.15) is 0 Å². The van der Waals surface area contributed by atoms with E-state index in [9.17, 15) is 0 Å². The highest BCUT2D eigenvalue weighted by atomic mass is 14.6. The van der Waals surface area contributed by atoms with E-state index in [1.807, 2.05) is 0 Å². The molecule has 3 aliphatic carbocycles. The van der Waals surface area contributed by atoms with Gasteiger partial charge in [-0.1, -0.05) is 59.1 Å². The molecule has 2 fully saturated rings. The molecule has 0 saturated heterocycles. The van der Waals surface area contributed by atoms with Crippen LogP contribution in [0.1, 0.15) is 85.5 Å². The average Bonchev–Trinajstić information content (AvgIpc) is 2.81. The zero-order valence-corrected chi connectivity index (χ0v) is 15.5. The minimum absolute atomic E-state index is 0.684. The van der Waals surface area contributed by atoms with E-state index in [0.29, 0.717) is 5.41 Å². The predicted octanol–water partition coefficient (Wildman–Crippen LogP) is 6.86. The van der Waals surface area contributed by atoms with Gasteiger partial charge in [0.05, 0.1) is 0 Å². The number of fused-ring (bicyclic) bond motifs is 3. The predicted molar refractivity (Wildman–Crippen MR) is 96.8 cm³/mol. The number of hydrogen-bond acceptors (Lipinski definition) is 0. The van der Waals surface area contributed by atoms with Crippen molar-refractivity contribution in [3.63, 3.8) is 0 Å². The van der Waals surface area contributed by atoms with Gasteiger partial charge in [0.15, 0.2) is 0 Å². The lowest BCUT2D eigenvalue weighted by molar-refractivity contribution is -0.00514. The second kappa shape index (κ2) is 6.70. The Kier molecular flexibility index (Phi) is 5.05. The Balaban J connectivity index is 1.60. The van der Waals surface area contributed by atoms with Crippen LogP contribution >= 0.6 is 0 Å². The summed E-state index contributed by atoms with van der Waals surface area (Å²) < 4.78 is 0. The summed E-state index contributed by atoms with van der Waals surface area (Å²) in [5, 5.41) is 0. The van der Waals surface area contributed by atoms with Gasteiger partial charge in [0.1, 0.15) is 0 Å². The van der Waals surface area contributed by atoms with Crippen molar-refractivity contribution in [1.82, 2.24) is 0 Å². The highest BCUT2D eigenvalue weighted by Crippen LogP contribution is 2.62. The third-order valence-electron chi connectivity index (χ3n) is 7.80. The van der Waals surface area contributed by atoms with Crippen LogP contribution in [0.2, 0.25) is 0 Å². The third-order valence-corrected chi connectivity index (χ3v) is 7.80. The lowest BCUT2D eigenvalue weighted by Gasteiger charge is -2.51. The molecular formula is C22H38. The van der Waals surface area contributed by atoms with E-state index in [0.717, 1.165) is 35.5 Å². The number of unbranched alkanes of at least 4 members (excludes halogenated alkanes) is 1. The highest BCUT2D eigenvalue weighted by molar-refractivity contribution is 5.09. The lowest BCUT2D eigenvalue weighted by Crippen LogP contribution is -2.43. The Hall–Kier alpha value is -0.260. The Bertz CT molecular complexity index is 393. The van der Waals surface area contributed by atoms with E-state index in [4.69, 9.17) is 0 Å². The van der Waals surface area contributed by atoms with Crippen molar-refractivity contribution in [2.75, 3.05) is 0 Å². The molecule has 4 unspecified atom stereocenters. The molecule has 2 saturated carbocycles. The normalized spacial score (nSPS) is 44.1. The maximum Gasteiger partial charge on any atom is -0.0231 e. The van der Waals surface area contributed by atoms with E-state index in [1.165, 1.54) is 57.8 Å². The molecule has 0 aromatic carbocycles. The van der Waals surface area contributed by atoms with Crippen molar-refractivity contribution in [2.45, 2.75) is 85.5 Å². The topological polar surface area (TPSA) is 0 Å². The van der Waals surface area contributed by atoms with Crippen molar-refractivity contribution >= 4 is 0 Å². The van der Waals surface area contributed by atoms with Crippen LogP contribution in [-0.2, 0) is 0 Å².